The van der Waals surface area contributed by atoms with E-state index in [0.29, 0.717) is 0 Å². The van der Waals surface area contributed by atoms with E-state index in [0.717, 1.165) is 0 Å². The van der Waals surface area contributed by atoms with Gasteiger partial charge in [0.25, 0.3) is 0 Å². The number of hydrogen-bond acceptors (Lipinski definition) is 4. The summed E-state index contributed by atoms with van der Waals surface area (Å²) in [4.78, 5) is 15.7. The Bertz CT molecular complexity index is 1500. The molecule has 3 aromatic rings. The number of rotatable bonds is 50. The Kier molecular flexibility index (Phi) is 38.3. The maximum atomic E-state index is 7.70. The van der Waals surface area contributed by atoms with Gasteiger partial charge in [0.2, 0.25) is 0 Å². The molecule has 2 heterocycles. The maximum absolute atomic E-state index is 7.70. The number of fused-ring (bicyclic) bond motifs is 2. The van der Waals surface area contributed by atoms with Crippen LogP contribution < -0.4 is 15.3 Å². The number of ether oxygens (including phenoxy) is 2. The summed E-state index contributed by atoms with van der Waals surface area (Å²) in [5.74, 6) is 2.48. The van der Waals surface area contributed by atoms with Gasteiger partial charge in [0.15, 0.2) is 0 Å². The minimum atomic E-state index is -2.46. The van der Waals surface area contributed by atoms with Crippen LogP contribution in [0.5, 0.6) is 11.5 Å². The van der Waals surface area contributed by atoms with Crippen LogP contribution in [0.3, 0.4) is 0 Å². The Hall–Kier alpha value is 0.337. The molecule has 0 amide bonds. The van der Waals surface area contributed by atoms with Crippen LogP contribution in [0, 0.1) is 0 Å². The van der Waals surface area contributed by atoms with Gasteiger partial charge >= 0.3 is 314 Å². The Morgan fingerprint density at radius 2 is 0.500 bits per heavy atom. The SMILES string of the molecule is CCCCCCCCCCCCC(CCCCCCCCCCCC)Oc1c2c[c]([Sn]([CH3])([CH3])[CH3])sc2c(OC(CCCCCCCCCCCC)CCCCCCCCCCCC)c2c[c]([Sn]([CH3])([CH3])[CH3])sc12. The van der Waals surface area contributed by atoms with Gasteiger partial charge in [-0.15, -0.1) is 0 Å². The number of thiophene rings is 2. The van der Waals surface area contributed by atoms with Crippen LogP contribution in [-0.4, -0.2) is 49.0 Å². The van der Waals surface area contributed by atoms with Crippen LogP contribution >= 0.6 is 22.7 Å². The van der Waals surface area contributed by atoms with Crippen LogP contribution in [0.15, 0.2) is 12.1 Å². The zero-order valence-corrected chi connectivity index (χ0v) is 57.4. The first-order valence-corrected chi connectivity index (χ1v) is 53.9. The molecule has 0 radical (unpaired) electrons. The topological polar surface area (TPSA) is 18.5 Å². The van der Waals surface area contributed by atoms with Gasteiger partial charge in [-0.25, -0.2) is 0 Å². The molecular weight excluding hydrogens is 1130 g/mol. The molecule has 0 atom stereocenters. The zero-order chi connectivity index (χ0) is 52.1. The molecule has 0 fully saturated rings. The summed E-state index contributed by atoms with van der Waals surface area (Å²) in [6, 6.07) is 5.30. The van der Waals surface area contributed by atoms with Crippen LogP contribution in [0.1, 0.15) is 310 Å². The van der Waals surface area contributed by atoms with E-state index in [2.05, 4.69) is 92.1 Å². The number of benzene rings is 1. The van der Waals surface area contributed by atoms with Crippen molar-refractivity contribution >= 4 is 85.4 Å². The molecule has 2 nitrogen and oxygen atoms in total. The summed E-state index contributed by atoms with van der Waals surface area (Å²) in [5.41, 5.74) is 0. The summed E-state index contributed by atoms with van der Waals surface area (Å²) in [7, 11) is 0. The fraction of sp³-hybridized carbons (Fsp3) is 0.848. The number of hydrogen-bond donors (Lipinski definition) is 0. The summed E-state index contributed by atoms with van der Waals surface area (Å²) in [6.07, 6.45) is 61.0. The molecule has 72 heavy (non-hydrogen) atoms. The van der Waals surface area contributed by atoms with E-state index in [9.17, 15) is 0 Å². The van der Waals surface area contributed by atoms with Crippen molar-refractivity contribution in [1.29, 1.82) is 0 Å². The van der Waals surface area contributed by atoms with Gasteiger partial charge in [0.1, 0.15) is 0 Å². The van der Waals surface area contributed by atoms with Crippen molar-refractivity contribution in [2.24, 2.45) is 0 Å². The first-order valence-electron chi connectivity index (χ1n) is 32.3. The van der Waals surface area contributed by atoms with Gasteiger partial charge in [0, 0.05) is 0 Å². The second kappa shape index (κ2) is 41.4. The van der Waals surface area contributed by atoms with Crippen LogP contribution in [0.2, 0.25) is 29.6 Å². The third-order valence-electron chi connectivity index (χ3n) is 15.9. The van der Waals surface area contributed by atoms with Crippen molar-refractivity contribution in [3.05, 3.63) is 12.1 Å². The molecule has 0 unspecified atom stereocenters. The molecule has 418 valence electrons. The van der Waals surface area contributed by atoms with Gasteiger partial charge < -0.3 is 0 Å². The monoisotopic (exact) mass is 1250 g/mol. The van der Waals surface area contributed by atoms with Crippen LogP contribution in [0.4, 0.5) is 0 Å². The molecule has 1 aromatic carbocycles. The molecule has 0 N–H and O–H groups in total. The van der Waals surface area contributed by atoms with Crippen LogP contribution in [0.25, 0.3) is 20.2 Å². The minimum absolute atomic E-state index is 0.289. The summed E-state index contributed by atoms with van der Waals surface area (Å²) in [6.45, 7) is 9.32. The predicted octanol–water partition coefficient (Wildman–Crippen LogP) is 23.9. The summed E-state index contributed by atoms with van der Waals surface area (Å²) in [5, 5.41) is 2.80. The van der Waals surface area contributed by atoms with Crippen molar-refractivity contribution in [3.63, 3.8) is 0 Å². The van der Waals surface area contributed by atoms with Gasteiger partial charge in [-0.3, -0.25) is 0 Å². The van der Waals surface area contributed by atoms with E-state index in [1.807, 2.05) is 0 Å². The first kappa shape index (κ1) is 66.6. The van der Waals surface area contributed by atoms with Crippen molar-refractivity contribution < 1.29 is 9.47 Å². The Balaban J connectivity index is 1.91. The Labute approximate surface area is 466 Å². The molecule has 0 spiro atoms. The van der Waals surface area contributed by atoms with E-state index in [1.165, 1.54) is 314 Å². The van der Waals surface area contributed by atoms with E-state index >= 15 is 0 Å². The quantitative estimate of drug-likeness (QED) is 0.0414. The average molecular weight is 1250 g/mol. The van der Waals surface area contributed by atoms with Gasteiger partial charge in [-0.05, 0) is 0 Å². The fourth-order valence-corrected chi connectivity index (χ4v) is 23.7. The average Bonchev–Trinajstić information content (AvgIpc) is 4.02. The van der Waals surface area contributed by atoms with Gasteiger partial charge in [0.05, 0.1) is 0 Å². The fourth-order valence-electron chi connectivity index (χ4n) is 11.0. The van der Waals surface area contributed by atoms with Crippen molar-refractivity contribution in [1.82, 2.24) is 0 Å². The van der Waals surface area contributed by atoms with E-state index < -0.39 is 36.8 Å². The molecule has 0 aliphatic heterocycles. The van der Waals surface area contributed by atoms with E-state index in [-0.39, 0.29) is 12.2 Å². The van der Waals surface area contributed by atoms with Gasteiger partial charge in [-0.1, -0.05) is 156 Å². The third-order valence-corrected chi connectivity index (χ3v) is 37.1. The van der Waals surface area contributed by atoms with Crippen molar-refractivity contribution in [3.8, 4) is 11.5 Å². The van der Waals surface area contributed by atoms with Crippen LogP contribution in [-0.2, 0) is 0 Å². The number of unbranched alkanes of at least 4 members (excludes halogenated alkanes) is 36. The molecule has 2 aromatic heterocycles. The molecule has 0 bridgehead atoms. The van der Waals surface area contributed by atoms with Crippen molar-refractivity contribution in [2.75, 3.05) is 0 Å². The standard InChI is InChI=1S/C60H104O2S2.6CH3.2Sn/c1-5-9-13-17-21-25-29-33-37-41-45-53(46-42-38-34-30-26-22-18-14-10-6-2)61-57-55-49-51-64-60(55)58(56-50-52-63-59(56)57)62-54(47-43-39-35-31-27-23-19-15-11-7-3)48-44-40-36-32-28-24-20-16-12-8-4;;;;;;;;/h49-50,53-54H,5-48H2,1-4H3;6*1H3;;. The van der Waals surface area contributed by atoms with E-state index in [1.54, 1.807) is 5.79 Å². The van der Waals surface area contributed by atoms with Crippen molar-refractivity contribution in [2.45, 2.75) is 352 Å². The summed E-state index contributed by atoms with van der Waals surface area (Å²) < 4.78 is 21.6. The predicted molar refractivity (Wildman–Crippen MR) is 338 cm³/mol. The normalized spacial score (nSPS) is 12.5. The molecular formula is C66H122O2S2Sn2. The molecule has 0 saturated heterocycles. The molecule has 0 aliphatic rings. The Morgan fingerprint density at radius 3 is 0.694 bits per heavy atom. The molecule has 0 aliphatic carbocycles. The molecule has 3 rings (SSSR count). The van der Waals surface area contributed by atoms with E-state index in [4.69, 9.17) is 9.47 Å². The first-order chi connectivity index (χ1) is 34.9. The third kappa shape index (κ3) is 28.8. The Morgan fingerprint density at radius 1 is 0.306 bits per heavy atom. The molecule has 0 saturated carbocycles. The molecule has 6 heteroatoms. The second-order valence-corrected chi connectivity index (χ2v) is 58.2. The summed E-state index contributed by atoms with van der Waals surface area (Å²) >= 11 is -0.690. The second-order valence-electron chi connectivity index (χ2n) is 25.2. The van der Waals surface area contributed by atoms with Gasteiger partial charge in [-0.2, -0.15) is 0 Å². The zero-order valence-electron chi connectivity index (χ0n) is 50.1.